The van der Waals surface area contributed by atoms with Gasteiger partial charge in [-0.3, -0.25) is 0 Å². The largest absolute Gasteiger partial charge is 0.463 e. The number of nitrogens with zero attached hydrogens (tertiary/aromatic N) is 1. The first-order chi connectivity index (χ1) is 9.08. The molecule has 4 heteroatoms. The van der Waals surface area contributed by atoms with E-state index < -0.39 is 0 Å². The highest BCUT2D eigenvalue weighted by Gasteiger charge is 2.06. The van der Waals surface area contributed by atoms with Gasteiger partial charge in [0.1, 0.15) is 0 Å². The Morgan fingerprint density at radius 3 is 2.79 bits per heavy atom. The molecule has 0 atom stereocenters. The SMILES string of the molecule is CCCN(C)c1ccc(Br)cc1C=CC(=O)OCC. The van der Waals surface area contributed by atoms with E-state index in [2.05, 4.69) is 34.8 Å². The Morgan fingerprint density at radius 1 is 1.42 bits per heavy atom. The molecule has 19 heavy (non-hydrogen) atoms. The Balaban J connectivity index is 2.97. The van der Waals surface area contributed by atoms with Gasteiger partial charge in [-0.25, -0.2) is 4.79 Å². The van der Waals surface area contributed by atoms with Crippen LogP contribution in [0.1, 0.15) is 25.8 Å². The molecule has 0 spiro atoms. The molecule has 3 nitrogen and oxygen atoms in total. The summed E-state index contributed by atoms with van der Waals surface area (Å²) in [4.78, 5) is 13.6. The molecular weight excluding hydrogens is 306 g/mol. The summed E-state index contributed by atoms with van der Waals surface area (Å²) in [6.07, 6.45) is 4.34. The molecule has 0 N–H and O–H groups in total. The van der Waals surface area contributed by atoms with Crippen molar-refractivity contribution in [2.75, 3.05) is 25.1 Å². The zero-order valence-corrected chi connectivity index (χ0v) is 13.2. The first-order valence-corrected chi connectivity index (χ1v) is 7.23. The van der Waals surface area contributed by atoms with Gasteiger partial charge in [-0.2, -0.15) is 0 Å². The van der Waals surface area contributed by atoms with E-state index in [4.69, 9.17) is 4.74 Å². The first kappa shape index (κ1) is 15.8. The van der Waals surface area contributed by atoms with Crippen molar-refractivity contribution in [3.05, 3.63) is 34.3 Å². The fourth-order valence-corrected chi connectivity index (χ4v) is 2.19. The second-order valence-electron chi connectivity index (χ2n) is 4.21. The third kappa shape index (κ3) is 5.07. The first-order valence-electron chi connectivity index (χ1n) is 6.44. The fraction of sp³-hybridized carbons (Fsp3) is 0.400. The smallest absolute Gasteiger partial charge is 0.330 e. The highest BCUT2D eigenvalue weighted by molar-refractivity contribution is 9.10. The molecule has 0 fully saturated rings. The van der Waals surface area contributed by atoms with E-state index in [0.29, 0.717) is 6.61 Å². The minimum Gasteiger partial charge on any atom is -0.463 e. The summed E-state index contributed by atoms with van der Waals surface area (Å²) < 4.78 is 5.88. The van der Waals surface area contributed by atoms with E-state index in [0.717, 1.165) is 28.7 Å². The minimum atomic E-state index is -0.313. The Bertz CT molecular complexity index is 457. The van der Waals surface area contributed by atoms with Gasteiger partial charge in [-0.1, -0.05) is 22.9 Å². The number of rotatable bonds is 6. The maximum absolute atomic E-state index is 11.4. The molecule has 0 aliphatic rings. The molecule has 0 aliphatic heterocycles. The van der Waals surface area contributed by atoms with E-state index in [-0.39, 0.29) is 5.97 Å². The standard InChI is InChI=1S/C15H20BrNO2/c1-4-10-17(3)14-8-7-13(16)11-12(14)6-9-15(18)19-5-2/h6-9,11H,4-5,10H2,1-3H3. The quantitative estimate of drug-likeness (QED) is 0.587. The predicted octanol–water partition coefficient (Wildman–Crippen LogP) is 3.87. The third-order valence-electron chi connectivity index (χ3n) is 2.65. The Hall–Kier alpha value is -1.29. The van der Waals surface area contributed by atoms with Crippen LogP contribution in [-0.2, 0) is 9.53 Å². The van der Waals surface area contributed by atoms with Crippen LogP contribution >= 0.6 is 15.9 Å². The van der Waals surface area contributed by atoms with Crippen LogP contribution < -0.4 is 4.90 Å². The second kappa shape index (κ2) is 8.00. The molecule has 104 valence electrons. The van der Waals surface area contributed by atoms with Gasteiger partial charge in [-0.15, -0.1) is 0 Å². The van der Waals surface area contributed by atoms with Crippen molar-refractivity contribution in [3.8, 4) is 0 Å². The number of hydrogen-bond donors (Lipinski definition) is 0. The van der Waals surface area contributed by atoms with Crippen molar-refractivity contribution in [2.45, 2.75) is 20.3 Å². The van der Waals surface area contributed by atoms with Crippen LogP contribution in [0.3, 0.4) is 0 Å². The summed E-state index contributed by atoms with van der Waals surface area (Å²) in [6, 6.07) is 6.05. The summed E-state index contributed by atoms with van der Waals surface area (Å²) in [6.45, 7) is 5.31. The lowest BCUT2D eigenvalue weighted by Gasteiger charge is -2.21. The zero-order valence-electron chi connectivity index (χ0n) is 11.6. The van der Waals surface area contributed by atoms with Crippen LogP contribution in [0.4, 0.5) is 5.69 Å². The summed E-state index contributed by atoms with van der Waals surface area (Å²) in [5.74, 6) is -0.313. The van der Waals surface area contributed by atoms with Crippen LogP contribution in [0, 0.1) is 0 Å². The average Bonchev–Trinajstić information content (AvgIpc) is 2.37. The van der Waals surface area contributed by atoms with Gasteiger partial charge in [0.05, 0.1) is 6.61 Å². The molecule has 0 aromatic heterocycles. The van der Waals surface area contributed by atoms with Gasteiger partial charge in [0.2, 0.25) is 0 Å². The van der Waals surface area contributed by atoms with Crippen molar-refractivity contribution < 1.29 is 9.53 Å². The molecule has 1 aromatic carbocycles. The number of hydrogen-bond acceptors (Lipinski definition) is 3. The lowest BCUT2D eigenvalue weighted by atomic mass is 10.1. The molecule has 0 heterocycles. The fourth-order valence-electron chi connectivity index (χ4n) is 1.81. The van der Waals surface area contributed by atoms with Gasteiger partial charge in [0, 0.05) is 29.8 Å². The summed E-state index contributed by atoms with van der Waals surface area (Å²) >= 11 is 3.45. The van der Waals surface area contributed by atoms with Crippen molar-refractivity contribution >= 4 is 33.7 Å². The van der Waals surface area contributed by atoms with Gasteiger partial charge in [0.15, 0.2) is 0 Å². The van der Waals surface area contributed by atoms with E-state index in [1.807, 2.05) is 18.2 Å². The third-order valence-corrected chi connectivity index (χ3v) is 3.14. The molecule has 0 unspecified atom stereocenters. The molecule has 1 aromatic rings. The number of ether oxygens (including phenoxy) is 1. The molecule has 0 amide bonds. The number of benzene rings is 1. The van der Waals surface area contributed by atoms with Gasteiger partial charge >= 0.3 is 5.97 Å². The van der Waals surface area contributed by atoms with E-state index >= 15 is 0 Å². The van der Waals surface area contributed by atoms with Crippen LogP contribution in [0.25, 0.3) is 6.08 Å². The Morgan fingerprint density at radius 2 is 2.16 bits per heavy atom. The monoisotopic (exact) mass is 325 g/mol. The molecule has 0 radical (unpaired) electrons. The topological polar surface area (TPSA) is 29.5 Å². The van der Waals surface area contributed by atoms with E-state index in [1.165, 1.54) is 6.08 Å². The molecule has 0 saturated heterocycles. The Labute approximate surface area is 123 Å². The van der Waals surface area contributed by atoms with Crippen LogP contribution in [0.2, 0.25) is 0 Å². The molecule has 0 saturated carbocycles. The number of carbonyl (C=O) groups is 1. The average molecular weight is 326 g/mol. The highest BCUT2D eigenvalue weighted by Crippen LogP contribution is 2.25. The Kier molecular flexibility index (Phi) is 6.64. The van der Waals surface area contributed by atoms with E-state index in [9.17, 15) is 4.79 Å². The van der Waals surface area contributed by atoms with Crippen molar-refractivity contribution in [3.63, 3.8) is 0 Å². The molecular formula is C15H20BrNO2. The lowest BCUT2D eigenvalue weighted by molar-refractivity contribution is -0.137. The number of carbonyl (C=O) groups excluding carboxylic acids is 1. The number of halogens is 1. The summed E-state index contributed by atoms with van der Waals surface area (Å²) in [5.41, 5.74) is 2.10. The van der Waals surface area contributed by atoms with Crippen molar-refractivity contribution in [1.82, 2.24) is 0 Å². The maximum Gasteiger partial charge on any atom is 0.330 e. The lowest BCUT2D eigenvalue weighted by Crippen LogP contribution is -2.18. The van der Waals surface area contributed by atoms with Crippen LogP contribution in [-0.4, -0.2) is 26.2 Å². The number of anilines is 1. The highest BCUT2D eigenvalue weighted by atomic mass is 79.9. The summed E-state index contributed by atoms with van der Waals surface area (Å²) in [5, 5.41) is 0. The molecule has 1 rings (SSSR count). The van der Waals surface area contributed by atoms with Gasteiger partial charge in [0.25, 0.3) is 0 Å². The van der Waals surface area contributed by atoms with Crippen molar-refractivity contribution in [2.24, 2.45) is 0 Å². The zero-order chi connectivity index (χ0) is 14.3. The van der Waals surface area contributed by atoms with Crippen molar-refractivity contribution in [1.29, 1.82) is 0 Å². The minimum absolute atomic E-state index is 0.313. The predicted molar refractivity (Wildman–Crippen MR) is 83.4 cm³/mol. The maximum atomic E-state index is 11.4. The van der Waals surface area contributed by atoms with Crippen LogP contribution in [0.15, 0.2) is 28.7 Å². The normalized spacial score (nSPS) is 10.7. The van der Waals surface area contributed by atoms with E-state index in [1.54, 1.807) is 13.0 Å². The van der Waals surface area contributed by atoms with Crippen LogP contribution in [0.5, 0.6) is 0 Å². The molecule has 0 bridgehead atoms. The second-order valence-corrected chi connectivity index (χ2v) is 5.13. The summed E-state index contributed by atoms with van der Waals surface area (Å²) in [7, 11) is 2.05. The molecule has 0 aliphatic carbocycles. The van der Waals surface area contributed by atoms with Gasteiger partial charge < -0.3 is 9.64 Å². The van der Waals surface area contributed by atoms with Gasteiger partial charge in [-0.05, 0) is 43.2 Å². The number of esters is 1.